The standard InChI is InChI=1S/C20H42O9/c1-11(10-22)17(26)9-19(28)13(3)20(29)12(2)18(27)8-16(25)7-15(24)6-14(23)4-5-21/h11-29H,4-10H2,1-3H3. The van der Waals surface area contributed by atoms with E-state index in [2.05, 4.69) is 0 Å². The van der Waals surface area contributed by atoms with E-state index >= 15 is 0 Å². The summed E-state index contributed by atoms with van der Waals surface area (Å²) in [4.78, 5) is 0. The molecular formula is C20H42O9. The van der Waals surface area contributed by atoms with Crippen molar-refractivity contribution < 1.29 is 46.0 Å². The van der Waals surface area contributed by atoms with Gasteiger partial charge in [-0.15, -0.1) is 0 Å². The molecule has 0 saturated heterocycles. The lowest BCUT2D eigenvalue weighted by atomic mass is 9.82. The van der Waals surface area contributed by atoms with Crippen LogP contribution in [0.3, 0.4) is 0 Å². The Balaban J connectivity index is 4.55. The Kier molecular flexibility index (Phi) is 14.4. The average Bonchev–Trinajstić information content (AvgIpc) is 2.64. The van der Waals surface area contributed by atoms with Gasteiger partial charge in [0.25, 0.3) is 0 Å². The van der Waals surface area contributed by atoms with E-state index < -0.39 is 60.5 Å². The molecule has 0 heterocycles. The zero-order valence-electron chi connectivity index (χ0n) is 17.7. The van der Waals surface area contributed by atoms with Crippen molar-refractivity contribution in [2.24, 2.45) is 17.8 Å². The highest BCUT2D eigenvalue weighted by Gasteiger charge is 2.33. The first kappa shape index (κ1) is 28.6. The summed E-state index contributed by atoms with van der Waals surface area (Å²) < 4.78 is 0. The third kappa shape index (κ3) is 11.0. The molecule has 0 bridgehead atoms. The Bertz CT molecular complexity index is 411. The molecule has 0 spiro atoms. The third-order valence-corrected chi connectivity index (χ3v) is 5.78. The molecule has 0 fully saturated rings. The Labute approximate surface area is 173 Å². The molecule has 176 valence electrons. The molecule has 29 heavy (non-hydrogen) atoms. The smallest absolute Gasteiger partial charge is 0.0640 e. The van der Waals surface area contributed by atoms with Gasteiger partial charge < -0.3 is 46.0 Å². The van der Waals surface area contributed by atoms with Crippen molar-refractivity contribution in [3.63, 3.8) is 0 Å². The summed E-state index contributed by atoms with van der Waals surface area (Å²) in [5, 5.41) is 88.3. The fourth-order valence-electron chi connectivity index (χ4n) is 3.33. The Hall–Kier alpha value is -0.360. The Morgan fingerprint density at radius 3 is 1.48 bits per heavy atom. The van der Waals surface area contributed by atoms with Gasteiger partial charge in [0, 0.05) is 31.0 Å². The second-order valence-electron chi connectivity index (χ2n) is 8.49. The molecule has 0 rings (SSSR count). The lowest BCUT2D eigenvalue weighted by molar-refractivity contribution is -0.0700. The second kappa shape index (κ2) is 14.6. The van der Waals surface area contributed by atoms with Crippen LogP contribution in [0.25, 0.3) is 0 Å². The van der Waals surface area contributed by atoms with Gasteiger partial charge in [0.1, 0.15) is 0 Å². The normalized spacial score (nSPS) is 22.8. The SMILES string of the molecule is CC(CO)C(O)CC(O)C(C)C(O)C(C)C(O)CC(O)CC(O)CC(O)CCO. The minimum Gasteiger partial charge on any atom is -0.396 e. The largest absolute Gasteiger partial charge is 0.396 e. The first-order valence-electron chi connectivity index (χ1n) is 10.4. The minimum atomic E-state index is -1.10. The van der Waals surface area contributed by atoms with Gasteiger partial charge in [0.2, 0.25) is 0 Å². The van der Waals surface area contributed by atoms with E-state index in [-0.39, 0.29) is 45.3 Å². The number of aliphatic hydroxyl groups excluding tert-OH is 9. The molecule has 0 aromatic heterocycles. The monoisotopic (exact) mass is 426 g/mol. The van der Waals surface area contributed by atoms with E-state index in [1.807, 2.05) is 0 Å². The zero-order chi connectivity index (χ0) is 22.7. The van der Waals surface area contributed by atoms with Crippen LogP contribution in [0.1, 0.15) is 52.9 Å². The molecule has 0 aromatic carbocycles. The van der Waals surface area contributed by atoms with Crippen molar-refractivity contribution in [3.8, 4) is 0 Å². The fraction of sp³-hybridized carbons (Fsp3) is 1.00. The first-order valence-corrected chi connectivity index (χ1v) is 10.4. The maximum Gasteiger partial charge on any atom is 0.0640 e. The lowest BCUT2D eigenvalue weighted by Crippen LogP contribution is -2.42. The summed E-state index contributed by atoms with van der Waals surface area (Å²) in [6.45, 7) is 4.39. The topological polar surface area (TPSA) is 182 Å². The first-order chi connectivity index (χ1) is 13.4. The van der Waals surface area contributed by atoms with Crippen LogP contribution in [0.5, 0.6) is 0 Å². The molecule has 0 saturated carbocycles. The number of hydrogen-bond acceptors (Lipinski definition) is 9. The van der Waals surface area contributed by atoms with Crippen molar-refractivity contribution >= 4 is 0 Å². The highest BCUT2D eigenvalue weighted by molar-refractivity contribution is 4.84. The van der Waals surface area contributed by atoms with Gasteiger partial charge >= 0.3 is 0 Å². The third-order valence-electron chi connectivity index (χ3n) is 5.78. The predicted octanol–water partition coefficient (Wildman–Crippen LogP) is -1.64. The van der Waals surface area contributed by atoms with Crippen LogP contribution in [-0.4, -0.2) is 102 Å². The number of aliphatic hydroxyl groups is 9. The van der Waals surface area contributed by atoms with E-state index in [1.54, 1.807) is 20.8 Å². The van der Waals surface area contributed by atoms with Crippen LogP contribution >= 0.6 is 0 Å². The highest BCUT2D eigenvalue weighted by atomic mass is 16.3. The summed E-state index contributed by atoms with van der Waals surface area (Å²) in [5.41, 5.74) is 0. The van der Waals surface area contributed by atoms with E-state index in [4.69, 9.17) is 10.2 Å². The molecule has 10 unspecified atom stereocenters. The van der Waals surface area contributed by atoms with Crippen LogP contribution in [0.2, 0.25) is 0 Å². The molecule has 0 aliphatic rings. The van der Waals surface area contributed by atoms with Gasteiger partial charge in [-0.2, -0.15) is 0 Å². The number of hydrogen-bond donors (Lipinski definition) is 9. The molecule has 9 N–H and O–H groups in total. The van der Waals surface area contributed by atoms with E-state index in [0.717, 1.165) is 0 Å². The molecule has 10 atom stereocenters. The van der Waals surface area contributed by atoms with Crippen molar-refractivity contribution in [1.82, 2.24) is 0 Å². The highest BCUT2D eigenvalue weighted by Crippen LogP contribution is 2.25. The Morgan fingerprint density at radius 1 is 0.552 bits per heavy atom. The maximum atomic E-state index is 10.5. The van der Waals surface area contributed by atoms with Gasteiger partial charge in [0.15, 0.2) is 0 Å². The molecule has 0 aliphatic carbocycles. The van der Waals surface area contributed by atoms with E-state index in [0.29, 0.717) is 0 Å². The van der Waals surface area contributed by atoms with Gasteiger partial charge in [-0.1, -0.05) is 20.8 Å². The molecule has 0 amide bonds. The van der Waals surface area contributed by atoms with E-state index in [9.17, 15) is 35.7 Å². The Morgan fingerprint density at radius 2 is 1.00 bits per heavy atom. The molecule has 9 heteroatoms. The number of rotatable bonds is 16. The molecule has 0 aliphatic heterocycles. The van der Waals surface area contributed by atoms with Crippen LogP contribution in [0.15, 0.2) is 0 Å². The lowest BCUT2D eigenvalue weighted by Gasteiger charge is -2.33. The van der Waals surface area contributed by atoms with E-state index in [1.165, 1.54) is 0 Å². The predicted molar refractivity (Wildman–Crippen MR) is 107 cm³/mol. The van der Waals surface area contributed by atoms with Crippen molar-refractivity contribution in [3.05, 3.63) is 0 Å². The quantitative estimate of drug-likeness (QED) is 0.140. The van der Waals surface area contributed by atoms with Crippen LogP contribution in [0.4, 0.5) is 0 Å². The minimum absolute atomic E-state index is 0.00368. The fourth-order valence-corrected chi connectivity index (χ4v) is 3.33. The summed E-state index contributed by atoms with van der Waals surface area (Å²) in [6, 6.07) is 0. The summed E-state index contributed by atoms with van der Waals surface area (Å²) in [7, 11) is 0. The van der Waals surface area contributed by atoms with Crippen molar-refractivity contribution in [2.75, 3.05) is 13.2 Å². The second-order valence-corrected chi connectivity index (χ2v) is 8.49. The van der Waals surface area contributed by atoms with Gasteiger partial charge in [-0.25, -0.2) is 0 Å². The van der Waals surface area contributed by atoms with Gasteiger partial charge in [0.05, 0.1) is 42.7 Å². The summed E-state index contributed by atoms with van der Waals surface area (Å²) >= 11 is 0. The van der Waals surface area contributed by atoms with Crippen molar-refractivity contribution in [2.45, 2.75) is 95.6 Å². The molecule has 0 aromatic rings. The van der Waals surface area contributed by atoms with Crippen LogP contribution in [-0.2, 0) is 0 Å². The molecule has 9 nitrogen and oxygen atoms in total. The van der Waals surface area contributed by atoms with Gasteiger partial charge in [-0.3, -0.25) is 0 Å². The van der Waals surface area contributed by atoms with Crippen LogP contribution < -0.4 is 0 Å². The van der Waals surface area contributed by atoms with Crippen molar-refractivity contribution in [1.29, 1.82) is 0 Å². The molecular weight excluding hydrogens is 384 g/mol. The van der Waals surface area contributed by atoms with Crippen LogP contribution in [0, 0.1) is 17.8 Å². The zero-order valence-corrected chi connectivity index (χ0v) is 17.7. The maximum absolute atomic E-state index is 10.5. The van der Waals surface area contributed by atoms with Gasteiger partial charge in [-0.05, 0) is 32.1 Å². The summed E-state index contributed by atoms with van der Waals surface area (Å²) in [6.07, 6.45) is -7.12. The molecule has 0 radical (unpaired) electrons. The summed E-state index contributed by atoms with van der Waals surface area (Å²) in [5.74, 6) is -1.75. The average molecular weight is 427 g/mol.